The van der Waals surface area contributed by atoms with Crippen LogP contribution in [0.25, 0.3) is 10.9 Å². The Labute approximate surface area is 133 Å². The average Bonchev–Trinajstić information content (AvgIpc) is 2.92. The molecule has 3 N–H and O–H groups in total. The highest BCUT2D eigenvalue weighted by Gasteiger charge is 2.23. The second kappa shape index (κ2) is 5.83. The van der Waals surface area contributed by atoms with Gasteiger partial charge in [-0.05, 0) is 38.5 Å². The van der Waals surface area contributed by atoms with E-state index < -0.39 is 5.91 Å². The molecule has 0 radical (unpaired) electrons. The number of hydrogen-bond donors (Lipinski definition) is 2. The van der Waals surface area contributed by atoms with Crippen molar-refractivity contribution >= 4 is 34.1 Å². The van der Waals surface area contributed by atoms with Gasteiger partial charge in [-0.1, -0.05) is 0 Å². The number of benzene rings is 1. The van der Waals surface area contributed by atoms with Crippen molar-refractivity contribution in [1.82, 2.24) is 10.2 Å². The molecule has 1 aromatic heterocycles. The predicted octanol–water partition coefficient (Wildman–Crippen LogP) is 1.68. The third-order valence-corrected chi connectivity index (χ3v) is 3.80. The summed E-state index contributed by atoms with van der Waals surface area (Å²) in [6, 6.07) is 5.65. The molecule has 0 unspecified atom stereocenters. The number of nitrogens with one attached hydrogen (secondary N) is 1. The molecule has 0 spiro atoms. The molecular formula is C16H19N5O2. The molecule has 1 aliphatic rings. The second-order valence-corrected chi connectivity index (χ2v) is 5.94. The standard InChI is InChI=1S/C16H19N5O2/c1-9(2)18-14-11-6-5-10(21-7-3-4-13(21)22)8-12(11)19-20-15(14)16(17)23/h5-6,8-9H,3-4,7H2,1-2H3,(H2,17,23)(H,18,19). The number of rotatable bonds is 4. The van der Waals surface area contributed by atoms with E-state index >= 15 is 0 Å². The SMILES string of the molecule is CC(C)Nc1c(C(N)=O)nnc2cc(N3CCCC3=O)ccc12. The van der Waals surface area contributed by atoms with Crippen LogP contribution in [0.5, 0.6) is 0 Å². The van der Waals surface area contributed by atoms with Gasteiger partial charge in [-0.25, -0.2) is 0 Å². The summed E-state index contributed by atoms with van der Waals surface area (Å²) in [5.41, 5.74) is 7.52. The van der Waals surface area contributed by atoms with Crippen LogP contribution in [0.1, 0.15) is 37.2 Å². The van der Waals surface area contributed by atoms with Gasteiger partial charge in [-0.15, -0.1) is 10.2 Å². The minimum absolute atomic E-state index is 0.111. The van der Waals surface area contributed by atoms with Crippen LogP contribution in [0.3, 0.4) is 0 Å². The van der Waals surface area contributed by atoms with Crippen LogP contribution in [0, 0.1) is 0 Å². The number of carbonyl (C=O) groups excluding carboxylic acids is 2. The minimum atomic E-state index is -0.624. The van der Waals surface area contributed by atoms with Crippen molar-refractivity contribution in [2.45, 2.75) is 32.7 Å². The smallest absolute Gasteiger partial charge is 0.271 e. The number of aromatic nitrogens is 2. The van der Waals surface area contributed by atoms with Crippen molar-refractivity contribution in [1.29, 1.82) is 0 Å². The Morgan fingerprint density at radius 3 is 2.74 bits per heavy atom. The van der Waals surface area contributed by atoms with Crippen LogP contribution in [-0.2, 0) is 4.79 Å². The quantitative estimate of drug-likeness (QED) is 0.894. The predicted molar refractivity (Wildman–Crippen MR) is 88.4 cm³/mol. The van der Waals surface area contributed by atoms with E-state index in [1.807, 2.05) is 32.0 Å². The summed E-state index contributed by atoms with van der Waals surface area (Å²) in [5.74, 6) is -0.507. The minimum Gasteiger partial charge on any atom is -0.380 e. The Morgan fingerprint density at radius 1 is 1.35 bits per heavy atom. The maximum Gasteiger partial charge on any atom is 0.271 e. The molecule has 2 heterocycles. The monoisotopic (exact) mass is 313 g/mol. The van der Waals surface area contributed by atoms with Gasteiger partial charge in [-0.2, -0.15) is 0 Å². The van der Waals surface area contributed by atoms with Crippen molar-refractivity contribution in [2.24, 2.45) is 5.73 Å². The molecule has 1 aromatic carbocycles. The molecule has 0 aliphatic carbocycles. The fraction of sp³-hybridized carbons (Fsp3) is 0.375. The number of hydrogen-bond acceptors (Lipinski definition) is 5. The molecule has 1 saturated heterocycles. The fourth-order valence-corrected chi connectivity index (χ4v) is 2.79. The van der Waals surface area contributed by atoms with Gasteiger partial charge in [0.15, 0.2) is 5.69 Å². The summed E-state index contributed by atoms with van der Waals surface area (Å²) < 4.78 is 0. The number of anilines is 2. The Balaban J connectivity index is 2.12. The van der Waals surface area contributed by atoms with Crippen molar-refractivity contribution in [3.05, 3.63) is 23.9 Å². The Hall–Kier alpha value is -2.70. The molecule has 0 atom stereocenters. The summed E-state index contributed by atoms with van der Waals surface area (Å²) in [6.45, 7) is 4.65. The normalized spacial score (nSPS) is 14.7. The zero-order chi connectivity index (χ0) is 16.6. The van der Waals surface area contributed by atoms with Crippen molar-refractivity contribution in [3.63, 3.8) is 0 Å². The third-order valence-electron chi connectivity index (χ3n) is 3.80. The highest BCUT2D eigenvalue weighted by molar-refractivity contribution is 6.06. The molecule has 2 aromatic rings. The van der Waals surface area contributed by atoms with E-state index in [4.69, 9.17) is 5.73 Å². The summed E-state index contributed by atoms with van der Waals surface area (Å²) in [5, 5.41) is 12.0. The molecule has 7 nitrogen and oxygen atoms in total. The number of amides is 2. The van der Waals surface area contributed by atoms with Gasteiger partial charge in [0, 0.05) is 30.1 Å². The molecule has 7 heteroatoms. The van der Waals surface area contributed by atoms with Gasteiger partial charge >= 0.3 is 0 Å². The number of fused-ring (bicyclic) bond motifs is 1. The fourth-order valence-electron chi connectivity index (χ4n) is 2.79. The largest absolute Gasteiger partial charge is 0.380 e. The molecule has 1 fully saturated rings. The first kappa shape index (κ1) is 15.2. The van der Waals surface area contributed by atoms with Gasteiger partial charge in [0.2, 0.25) is 5.91 Å². The lowest BCUT2D eigenvalue weighted by atomic mass is 10.1. The molecule has 0 bridgehead atoms. The first-order valence-electron chi connectivity index (χ1n) is 7.64. The van der Waals surface area contributed by atoms with Crippen LogP contribution >= 0.6 is 0 Å². The zero-order valence-corrected chi connectivity index (χ0v) is 13.2. The van der Waals surface area contributed by atoms with E-state index in [0.29, 0.717) is 24.2 Å². The van der Waals surface area contributed by atoms with Gasteiger partial charge in [-0.3, -0.25) is 9.59 Å². The Bertz CT molecular complexity index is 787. The molecule has 1 aliphatic heterocycles. The molecule has 23 heavy (non-hydrogen) atoms. The maximum atomic E-state index is 11.9. The zero-order valence-electron chi connectivity index (χ0n) is 13.2. The number of carbonyl (C=O) groups is 2. The summed E-state index contributed by atoms with van der Waals surface area (Å²) in [6.07, 6.45) is 1.44. The highest BCUT2D eigenvalue weighted by atomic mass is 16.2. The lowest BCUT2D eigenvalue weighted by molar-refractivity contribution is -0.117. The van der Waals surface area contributed by atoms with Crippen LogP contribution in [0.15, 0.2) is 18.2 Å². The third kappa shape index (κ3) is 2.81. The van der Waals surface area contributed by atoms with E-state index in [-0.39, 0.29) is 17.6 Å². The van der Waals surface area contributed by atoms with Gasteiger partial charge in [0.1, 0.15) is 0 Å². The molecule has 0 saturated carbocycles. The van der Waals surface area contributed by atoms with Crippen LogP contribution < -0.4 is 16.0 Å². The van der Waals surface area contributed by atoms with Crippen LogP contribution in [0.4, 0.5) is 11.4 Å². The van der Waals surface area contributed by atoms with E-state index in [1.54, 1.807) is 4.90 Å². The first-order valence-corrected chi connectivity index (χ1v) is 7.64. The topological polar surface area (TPSA) is 101 Å². The Kier molecular flexibility index (Phi) is 3.85. The van der Waals surface area contributed by atoms with Crippen molar-refractivity contribution in [2.75, 3.05) is 16.8 Å². The highest BCUT2D eigenvalue weighted by Crippen LogP contribution is 2.30. The number of primary amides is 1. The lowest BCUT2D eigenvalue weighted by Crippen LogP contribution is -2.24. The van der Waals surface area contributed by atoms with Gasteiger partial charge < -0.3 is 16.0 Å². The Morgan fingerprint density at radius 2 is 2.13 bits per heavy atom. The molecule has 3 rings (SSSR count). The molecule has 2 amide bonds. The summed E-state index contributed by atoms with van der Waals surface area (Å²) >= 11 is 0. The maximum absolute atomic E-state index is 11.9. The summed E-state index contributed by atoms with van der Waals surface area (Å²) in [4.78, 5) is 25.2. The van der Waals surface area contributed by atoms with Crippen molar-refractivity contribution < 1.29 is 9.59 Å². The summed E-state index contributed by atoms with van der Waals surface area (Å²) in [7, 11) is 0. The van der Waals surface area contributed by atoms with Crippen LogP contribution in [-0.4, -0.2) is 34.6 Å². The van der Waals surface area contributed by atoms with E-state index in [0.717, 1.165) is 17.5 Å². The van der Waals surface area contributed by atoms with E-state index in [9.17, 15) is 9.59 Å². The average molecular weight is 313 g/mol. The van der Waals surface area contributed by atoms with E-state index in [2.05, 4.69) is 15.5 Å². The van der Waals surface area contributed by atoms with Crippen LogP contribution in [0.2, 0.25) is 0 Å². The first-order chi connectivity index (χ1) is 11.0. The number of nitrogens with two attached hydrogens (primary N) is 1. The van der Waals surface area contributed by atoms with Gasteiger partial charge in [0.05, 0.1) is 11.2 Å². The van der Waals surface area contributed by atoms with E-state index in [1.165, 1.54) is 0 Å². The lowest BCUT2D eigenvalue weighted by Gasteiger charge is -2.18. The molecular weight excluding hydrogens is 294 g/mol. The molecule has 120 valence electrons. The van der Waals surface area contributed by atoms with Gasteiger partial charge in [0.25, 0.3) is 5.91 Å². The second-order valence-electron chi connectivity index (χ2n) is 5.94. The number of nitrogens with zero attached hydrogens (tertiary/aromatic N) is 3. The van der Waals surface area contributed by atoms with Crippen molar-refractivity contribution in [3.8, 4) is 0 Å².